The quantitative estimate of drug-likeness (QED) is 0.477. The van der Waals surface area contributed by atoms with Crippen LogP contribution in [0.5, 0.6) is 0 Å². The van der Waals surface area contributed by atoms with Crippen molar-refractivity contribution in [1.82, 2.24) is 0 Å². The summed E-state index contributed by atoms with van der Waals surface area (Å²) in [6, 6.07) is 32.8. The molecule has 1 N–H and O–H groups in total. The second-order valence-electron chi connectivity index (χ2n) is 5.30. The van der Waals surface area contributed by atoms with Crippen LogP contribution in [0, 0.1) is 0 Å². The average Bonchev–Trinajstić information content (AvgIpc) is 2.58. The highest BCUT2D eigenvalue weighted by molar-refractivity contribution is 9.11. The summed E-state index contributed by atoms with van der Waals surface area (Å²) in [5.74, 6) is 0. The van der Waals surface area contributed by atoms with Crippen molar-refractivity contribution in [2.24, 2.45) is 0 Å². The maximum absolute atomic E-state index is 3.96. The maximum atomic E-state index is 3.96. The molecule has 0 heterocycles. The number of rotatable bonds is 4. The third-order valence-corrected chi connectivity index (χ3v) is 10.3. The Kier molecular flexibility index (Phi) is 6.12. The molecule has 23 heavy (non-hydrogen) atoms. The Labute approximate surface area is 147 Å². The van der Waals surface area contributed by atoms with Crippen LogP contribution in [0.1, 0.15) is 6.92 Å². The first-order chi connectivity index (χ1) is 10.8. The average molecular weight is 387 g/mol. The van der Waals surface area contributed by atoms with Gasteiger partial charge in [-0.15, -0.1) is 0 Å². The van der Waals surface area contributed by atoms with E-state index in [1.165, 1.54) is 15.9 Å². The van der Waals surface area contributed by atoms with Crippen molar-refractivity contribution < 1.29 is 5.48 Å². The van der Waals surface area contributed by atoms with Crippen molar-refractivity contribution in [1.29, 1.82) is 0 Å². The van der Waals surface area contributed by atoms with Crippen LogP contribution in [0.3, 0.4) is 0 Å². The summed E-state index contributed by atoms with van der Waals surface area (Å²) in [6.07, 6.45) is 0. The first kappa shape index (κ1) is 17.9. The number of hydrogen-bond acceptors (Lipinski definition) is 1. The molecular weight excluding hydrogens is 367 g/mol. The molecule has 0 aliphatic heterocycles. The fourth-order valence-corrected chi connectivity index (χ4v) is 9.23. The van der Waals surface area contributed by atoms with Gasteiger partial charge in [-0.2, -0.15) is 0 Å². The molecule has 3 aromatic carbocycles. The van der Waals surface area contributed by atoms with Gasteiger partial charge in [0.05, 0.1) is 0 Å². The van der Waals surface area contributed by atoms with Crippen LogP contribution < -0.4 is 15.9 Å². The Morgan fingerprint density at radius 2 is 0.870 bits per heavy atom. The van der Waals surface area contributed by atoms with E-state index in [2.05, 4.69) is 114 Å². The van der Waals surface area contributed by atoms with Gasteiger partial charge in [-0.25, -0.2) is 0 Å². The highest BCUT2D eigenvalue weighted by atomic mass is 79.9. The van der Waals surface area contributed by atoms with Crippen LogP contribution in [0.4, 0.5) is 0 Å². The summed E-state index contributed by atoms with van der Waals surface area (Å²) in [5.41, 5.74) is 0. The molecule has 0 amide bonds. The van der Waals surface area contributed by atoms with Gasteiger partial charge >= 0.3 is 0 Å². The number of alkyl halides is 1. The largest absolute Gasteiger partial charge is 0.870 e. The van der Waals surface area contributed by atoms with Crippen molar-refractivity contribution in [2.45, 2.75) is 11.5 Å². The monoisotopic (exact) mass is 386 g/mol. The predicted molar refractivity (Wildman–Crippen MR) is 105 cm³/mol. The Morgan fingerprint density at radius 3 is 1.09 bits per heavy atom. The summed E-state index contributed by atoms with van der Waals surface area (Å²) in [6.45, 7) is 2.28. The van der Waals surface area contributed by atoms with Crippen LogP contribution in [0.25, 0.3) is 0 Å². The maximum Gasteiger partial charge on any atom is 0.135 e. The molecule has 0 saturated carbocycles. The number of halogens is 1. The summed E-state index contributed by atoms with van der Waals surface area (Å²) in [5, 5.41) is 4.24. The van der Waals surface area contributed by atoms with Crippen LogP contribution in [-0.2, 0) is 0 Å². The van der Waals surface area contributed by atoms with Gasteiger partial charge in [-0.05, 0) is 59.3 Å². The first-order valence-corrected chi connectivity index (χ1v) is 10.2. The molecule has 118 valence electrons. The van der Waals surface area contributed by atoms with E-state index < -0.39 is 7.26 Å². The van der Waals surface area contributed by atoms with E-state index in [1.807, 2.05) is 0 Å². The van der Waals surface area contributed by atoms with Gasteiger partial charge in [0, 0.05) is 0 Å². The van der Waals surface area contributed by atoms with Crippen molar-refractivity contribution in [2.75, 3.05) is 0 Å². The highest BCUT2D eigenvalue weighted by Crippen LogP contribution is 2.61. The smallest absolute Gasteiger partial charge is 0.135 e. The van der Waals surface area contributed by atoms with E-state index >= 15 is 0 Å². The lowest BCUT2D eigenvalue weighted by Gasteiger charge is -2.29. The van der Waals surface area contributed by atoms with Gasteiger partial charge in [0.25, 0.3) is 0 Å². The summed E-state index contributed by atoms with van der Waals surface area (Å²) in [7, 11) is -1.71. The second kappa shape index (κ2) is 7.88. The Balaban J connectivity index is 0.00000192. The van der Waals surface area contributed by atoms with E-state index in [4.69, 9.17) is 0 Å². The van der Waals surface area contributed by atoms with Crippen LogP contribution in [0.2, 0.25) is 0 Å². The lowest BCUT2D eigenvalue weighted by atomic mass is 10.4. The summed E-state index contributed by atoms with van der Waals surface area (Å²) < 4.78 is 0.368. The van der Waals surface area contributed by atoms with Gasteiger partial charge in [-0.1, -0.05) is 54.6 Å². The summed E-state index contributed by atoms with van der Waals surface area (Å²) in [4.78, 5) is 0. The molecule has 1 nitrogen and oxygen atoms in total. The van der Waals surface area contributed by atoms with E-state index in [1.54, 1.807) is 0 Å². The molecule has 0 aromatic heterocycles. The molecule has 0 fully saturated rings. The van der Waals surface area contributed by atoms with Gasteiger partial charge in [-0.3, -0.25) is 0 Å². The van der Waals surface area contributed by atoms with Gasteiger partial charge in [0.15, 0.2) is 0 Å². The number of hydrogen-bond donors (Lipinski definition) is 0. The molecule has 1 unspecified atom stereocenters. The SMILES string of the molecule is CC(Br)[P+](c1ccccc1)(c1ccccc1)c1ccccc1.[OH-]. The fourth-order valence-electron chi connectivity index (χ4n) is 3.05. The van der Waals surface area contributed by atoms with E-state index in [0.29, 0.717) is 4.57 Å². The molecule has 3 rings (SSSR count). The van der Waals surface area contributed by atoms with E-state index in [0.717, 1.165) is 0 Å². The predicted octanol–water partition coefficient (Wildman–Crippen LogP) is 4.54. The molecule has 0 saturated heterocycles. The van der Waals surface area contributed by atoms with Crippen LogP contribution in [-0.4, -0.2) is 10.0 Å². The van der Waals surface area contributed by atoms with Crippen LogP contribution in [0.15, 0.2) is 91.0 Å². The third kappa shape index (κ3) is 3.26. The molecule has 0 aliphatic rings. The van der Waals surface area contributed by atoms with Crippen LogP contribution >= 0.6 is 23.2 Å². The summed E-state index contributed by atoms with van der Waals surface area (Å²) >= 11 is 3.96. The lowest BCUT2D eigenvalue weighted by Crippen LogP contribution is -2.35. The molecule has 0 bridgehead atoms. The molecule has 1 atom stereocenters. The van der Waals surface area contributed by atoms with Crippen molar-refractivity contribution in [3.63, 3.8) is 0 Å². The lowest BCUT2D eigenvalue weighted by molar-refractivity contribution is 0.824. The van der Waals surface area contributed by atoms with E-state index in [-0.39, 0.29) is 5.48 Å². The van der Waals surface area contributed by atoms with Gasteiger partial charge in [0.2, 0.25) is 0 Å². The van der Waals surface area contributed by atoms with Gasteiger partial charge < -0.3 is 5.48 Å². The molecule has 0 aliphatic carbocycles. The molecule has 3 aromatic rings. The minimum absolute atomic E-state index is 0. The fraction of sp³-hybridized carbons (Fsp3) is 0.100. The van der Waals surface area contributed by atoms with E-state index in [9.17, 15) is 0 Å². The highest BCUT2D eigenvalue weighted by Gasteiger charge is 2.49. The minimum atomic E-state index is -1.71. The minimum Gasteiger partial charge on any atom is -0.870 e. The zero-order chi connectivity index (χ0) is 15.4. The van der Waals surface area contributed by atoms with Crippen molar-refractivity contribution in [3.8, 4) is 0 Å². The zero-order valence-electron chi connectivity index (χ0n) is 13.0. The van der Waals surface area contributed by atoms with Crippen molar-refractivity contribution >= 4 is 39.1 Å². The van der Waals surface area contributed by atoms with Gasteiger partial charge in [0.1, 0.15) is 27.7 Å². The Morgan fingerprint density at radius 1 is 0.609 bits per heavy atom. The first-order valence-electron chi connectivity index (χ1n) is 7.46. The standard InChI is InChI=1S/C20H19BrP.H2O/c1-17(21)22(18-11-5-2-6-12-18,19-13-7-3-8-14-19)20-15-9-4-10-16-20;/h2-17H,1H3;1H2/q+1;/p-1. The molecule has 3 heteroatoms. The molecular formula is C20H20BrOP. The normalized spacial score (nSPS) is 12.3. The second-order valence-corrected chi connectivity index (χ2v) is 11.2. The number of benzene rings is 3. The molecule has 0 radical (unpaired) electrons. The molecule has 0 spiro atoms. The zero-order valence-corrected chi connectivity index (χ0v) is 15.5. The van der Waals surface area contributed by atoms with Crippen molar-refractivity contribution in [3.05, 3.63) is 91.0 Å². The Hall–Kier alpha value is -1.47. The Bertz CT molecular complexity index is 618. The topological polar surface area (TPSA) is 30.0 Å². The third-order valence-electron chi connectivity index (χ3n) is 4.02.